The number of hydrogen-bond acceptors (Lipinski definition) is 3. The fourth-order valence-corrected chi connectivity index (χ4v) is 0.673. The second kappa shape index (κ2) is 2.40. The van der Waals surface area contributed by atoms with Gasteiger partial charge in [0.05, 0.1) is 5.54 Å². The Labute approximate surface area is 61.2 Å². The van der Waals surface area contributed by atoms with Crippen LogP contribution in [0.4, 0.5) is 0 Å². The summed E-state index contributed by atoms with van der Waals surface area (Å²) >= 11 is 0. The van der Waals surface area contributed by atoms with Crippen LogP contribution in [-0.4, -0.2) is 17.6 Å². The minimum atomic E-state index is -0.0708. The van der Waals surface area contributed by atoms with Gasteiger partial charge >= 0.3 is 0 Å². The van der Waals surface area contributed by atoms with Crippen LogP contribution in [0.15, 0.2) is 10.1 Å². The standard InChI is InChI=1S/C7H13N3/c1-4-6-8-5-7(2,3)10-9-6/h5,10H,4H2,1-3H3. The van der Waals surface area contributed by atoms with Gasteiger partial charge in [-0.05, 0) is 13.8 Å². The Kier molecular flexibility index (Phi) is 1.74. The lowest BCUT2D eigenvalue weighted by Gasteiger charge is -2.22. The summed E-state index contributed by atoms with van der Waals surface area (Å²) in [4.78, 5) is 4.16. The number of hydrogen-bond donors (Lipinski definition) is 1. The molecule has 10 heavy (non-hydrogen) atoms. The van der Waals surface area contributed by atoms with Crippen LogP contribution in [0.25, 0.3) is 0 Å². The monoisotopic (exact) mass is 139 g/mol. The van der Waals surface area contributed by atoms with E-state index in [-0.39, 0.29) is 5.54 Å². The molecule has 0 unspecified atom stereocenters. The lowest BCUT2D eigenvalue weighted by Crippen LogP contribution is -2.40. The molecular formula is C7H13N3. The van der Waals surface area contributed by atoms with E-state index in [1.54, 1.807) is 0 Å². The highest BCUT2D eigenvalue weighted by atomic mass is 15.4. The van der Waals surface area contributed by atoms with Crippen molar-refractivity contribution in [2.75, 3.05) is 0 Å². The Balaban J connectivity index is 2.63. The summed E-state index contributed by atoms with van der Waals surface area (Å²) in [6, 6.07) is 0. The van der Waals surface area contributed by atoms with Crippen LogP contribution < -0.4 is 5.43 Å². The zero-order chi connectivity index (χ0) is 7.61. The molecule has 0 atom stereocenters. The van der Waals surface area contributed by atoms with Crippen LogP contribution in [-0.2, 0) is 0 Å². The van der Waals surface area contributed by atoms with Gasteiger partial charge in [-0.2, -0.15) is 5.10 Å². The summed E-state index contributed by atoms with van der Waals surface area (Å²) in [6.45, 7) is 6.11. The van der Waals surface area contributed by atoms with E-state index in [0.717, 1.165) is 12.3 Å². The third kappa shape index (κ3) is 1.56. The average Bonchev–Trinajstić information content (AvgIpc) is 1.88. The molecule has 0 aromatic heterocycles. The van der Waals surface area contributed by atoms with E-state index in [1.165, 1.54) is 0 Å². The van der Waals surface area contributed by atoms with Crippen molar-refractivity contribution in [2.24, 2.45) is 10.1 Å². The van der Waals surface area contributed by atoms with Crippen molar-refractivity contribution in [3.05, 3.63) is 0 Å². The number of nitrogens with one attached hydrogen (secondary N) is 1. The quantitative estimate of drug-likeness (QED) is 0.581. The van der Waals surface area contributed by atoms with E-state index in [9.17, 15) is 0 Å². The smallest absolute Gasteiger partial charge is 0.147 e. The van der Waals surface area contributed by atoms with Gasteiger partial charge in [0.15, 0.2) is 0 Å². The molecule has 0 saturated heterocycles. The maximum Gasteiger partial charge on any atom is 0.147 e. The summed E-state index contributed by atoms with van der Waals surface area (Å²) in [5.74, 6) is 0.874. The van der Waals surface area contributed by atoms with Crippen molar-refractivity contribution >= 4 is 12.1 Å². The number of rotatable bonds is 1. The van der Waals surface area contributed by atoms with E-state index in [2.05, 4.69) is 15.5 Å². The molecule has 0 saturated carbocycles. The van der Waals surface area contributed by atoms with E-state index in [1.807, 2.05) is 27.0 Å². The second-order valence-corrected chi connectivity index (χ2v) is 2.97. The molecule has 0 aliphatic carbocycles. The third-order valence-electron chi connectivity index (χ3n) is 1.33. The average molecular weight is 139 g/mol. The van der Waals surface area contributed by atoms with Crippen LogP contribution in [0.5, 0.6) is 0 Å². The Morgan fingerprint density at radius 3 is 2.70 bits per heavy atom. The maximum atomic E-state index is 4.16. The number of hydrazone groups is 1. The van der Waals surface area contributed by atoms with Crippen LogP contribution in [0.3, 0.4) is 0 Å². The SMILES string of the molecule is CCC1=NNC(C)(C)C=N1. The molecule has 0 aromatic rings. The van der Waals surface area contributed by atoms with Gasteiger partial charge < -0.3 is 0 Å². The summed E-state index contributed by atoms with van der Waals surface area (Å²) in [6.07, 6.45) is 2.78. The Hall–Kier alpha value is -0.860. The Morgan fingerprint density at radius 1 is 1.60 bits per heavy atom. The predicted molar refractivity (Wildman–Crippen MR) is 43.4 cm³/mol. The third-order valence-corrected chi connectivity index (χ3v) is 1.33. The Bertz CT molecular complexity index is 179. The maximum absolute atomic E-state index is 4.16. The molecule has 3 nitrogen and oxygen atoms in total. The van der Waals surface area contributed by atoms with Crippen molar-refractivity contribution < 1.29 is 0 Å². The summed E-state index contributed by atoms with van der Waals surface area (Å²) < 4.78 is 0. The molecule has 0 aromatic carbocycles. The van der Waals surface area contributed by atoms with Crippen LogP contribution in [0.1, 0.15) is 27.2 Å². The molecule has 0 bridgehead atoms. The zero-order valence-electron chi connectivity index (χ0n) is 6.68. The van der Waals surface area contributed by atoms with E-state index in [4.69, 9.17) is 0 Å². The summed E-state index contributed by atoms with van der Waals surface area (Å²) in [7, 11) is 0. The molecular weight excluding hydrogens is 126 g/mol. The number of aliphatic imine (C=N–C) groups is 1. The molecule has 0 spiro atoms. The van der Waals surface area contributed by atoms with Gasteiger partial charge in [-0.1, -0.05) is 6.92 Å². The molecule has 1 aliphatic rings. The van der Waals surface area contributed by atoms with Crippen molar-refractivity contribution in [3.8, 4) is 0 Å². The topological polar surface area (TPSA) is 36.8 Å². The molecule has 0 amide bonds. The van der Waals surface area contributed by atoms with Gasteiger partial charge in [-0.3, -0.25) is 5.43 Å². The first-order valence-electron chi connectivity index (χ1n) is 3.53. The number of nitrogens with zero attached hydrogens (tertiary/aromatic N) is 2. The molecule has 0 radical (unpaired) electrons. The fourth-order valence-electron chi connectivity index (χ4n) is 0.673. The van der Waals surface area contributed by atoms with Crippen molar-refractivity contribution in [1.29, 1.82) is 0 Å². The molecule has 3 heteroatoms. The first kappa shape index (κ1) is 7.25. The normalized spacial score (nSPS) is 21.7. The molecule has 1 heterocycles. The molecule has 1 rings (SSSR count). The summed E-state index contributed by atoms with van der Waals surface area (Å²) in [5, 5.41) is 4.07. The fraction of sp³-hybridized carbons (Fsp3) is 0.714. The lowest BCUT2D eigenvalue weighted by atomic mass is 10.1. The highest BCUT2D eigenvalue weighted by Crippen LogP contribution is 2.03. The minimum Gasteiger partial charge on any atom is -0.297 e. The molecule has 0 fully saturated rings. The molecule has 56 valence electrons. The van der Waals surface area contributed by atoms with Crippen molar-refractivity contribution in [3.63, 3.8) is 0 Å². The molecule has 1 N–H and O–H groups in total. The van der Waals surface area contributed by atoms with Crippen molar-refractivity contribution in [1.82, 2.24) is 5.43 Å². The Morgan fingerprint density at radius 2 is 2.30 bits per heavy atom. The van der Waals surface area contributed by atoms with Gasteiger partial charge in [0.2, 0.25) is 0 Å². The number of amidine groups is 1. The second-order valence-electron chi connectivity index (χ2n) is 2.97. The van der Waals surface area contributed by atoms with Gasteiger partial charge in [0.25, 0.3) is 0 Å². The zero-order valence-corrected chi connectivity index (χ0v) is 6.68. The molecule has 1 aliphatic heterocycles. The highest BCUT2D eigenvalue weighted by Gasteiger charge is 2.16. The highest BCUT2D eigenvalue weighted by molar-refractivity contribution is 5.93. The largest absolute Gasteiger partial charge is 0.297 e. The van der Waals surface area contributed by atoms with Gasteiger partial charge in [0, 0.05) is 12.6 Å². The van der Waals surface area contributed by atoms with Gasteiger partial charge in [-0.25, -0.2) is 4.99 Å². The summed E-state index contributed by atoms with van der Waals surface area (Å²) in [5.41, 5.74) is 2.93. The van der Waals surface area contributed by atoms with Crippen LogP contribution in [0.2, 0.25) is 0 Å². The van der Waals surface area contributed by atoms with Crippen molar-refractivity contribution in [2.45, 2.75) is 32.7 Å². The first-order valence-corrected chi connectivity index (χ1v) is 3.53. The predicted octanol–water partition coefficient (Wildman–Crippen LogP) is 1.16. The lowest BCUT2D eigenvalue weighted by molar-refractivity contribution is 0.528. The van der Waals surface area contributed by atoms with E-state index < -0.39 is 0 Å². The first-order chi connectivity index (χ1) is 4.64. The van der Waals surface area contributed by atoms with Crippen LogP contribution in [0, 0.1) is 0 Å². The minimum absolute atomic E-state index is 0.0708. The van der Waals surface area contributed by atoms with Crippen LogP contribution >= 0.6 is 0 Å². The van der Waals surface area contributed by atoms with E-state index >= 15 is 0 Å². The van der Waals surface area contributed by atoms with E-state index in [0.29, 0.717) is 0 Å². The van der Waals surface area contributed by atoms with Gasteiger partial charge in [-0.15, -0.1) is 0 Å². The van der Waals surface area contributed by atoms with Gasteiger partial charge in [0.1, 0.15) is 5.84 Å².